The van der Waals surface area contributed by atoms with Gasteiger partial charge in [0.1, 0.15) is 17.2 Å². The van der Waals surface area contributed by atoms with Crippen LogP contribution in [0.5, 0.6) is 0 Å². The summed E-state index contributed by atoms with van der Waals surface area (Å²) in [6, 6.07) is 4.68. The predicted octanol–water partition coefficient (Wildman–Crippen LogP) is 4.23. The highest BCUT2D eigenvalue weighted by Gasteiger charge is 2.35. The molecule has 1 saturated heterocycles. The summed E-state index contributed by atoms with van der Waals surface area (Å²) in [6.07, 6.45) is 7.74. The first-order valence-corrected chi connectivity index (χ1v) is 10.8. The van der Waals surface area contributed by atoms with E-state index in [2.05, 4.69) is 32.3 Å². The number of hydrogen-bond acceptors (Lipinski definition) is 6. The number of cyclic esters (lactones) is 1. The average Bonchev–Trinajstić information content (AvgIpc) is 3.32. The fraction of sp³-hybridized carbons (Fsp3) is 0.611. The smallest absolute Gasteiger partial charge is 0.319 e. The van der Waals surface area contributed by atoms with Crippen molar-refractivity contribution in [2.75, 3.05) is 0 Å². The predicted molar refractivity (Wildman–Crippen MR) is 99.1 cm³/mol. The molecular formula is C18H23N3O2S2. The summed E-state index contributed by atoms with van der Waals surface area (Å²) in [5.74, 6) is 0.909. The molecule has 4 rings (SSSR count). The van der Waals surface area contributed by atoms with Gasteiger partial charge < -0.3 is 9.30 Å². The number of thioether (sulfide) groups is 1. The van der Waals surface area contributed by atoms with Crippen LogP contribution in [0.4, 0.5) is 0 Å². The van der Waals surface area contributed by atoms with E-state index in [1.54, 1.807) is 11.3 Å². The topological polar surface area (TPSA) is 57.0 Å². The maximum absolute atomic E-state index is 12.0. The highest BCUT2D eigenvalue weighted by Crippen LogP contribution is 2.37. The van der Waals surface area contributed by atoms with Gasteiger partial charge in [-0.1, -0.05) is 37.1 Å². The van der Waals surface area contributed by atoms with E-state index in [1.807, 2.05) is 6.92 Å². The zero-order chi connectivity index (χ0) is 17.2. The third-order valence-corrected chi connectivity index (χ3v) is 7.00. The molecular weight excluding hydrogens is 354 g/mol. The minimum atomic E-state index is -0.156. The van der Waals surface area contributed by atoms with Crippen molar-refractivity contribution in [1.29, 1.82) is 0 Å². The average molecular weight is 378 g/mol. The first kappa shape index (κ1) is 17.1. The number of ether oxygens (including phenoxy) is 1. The number of carbonyl (C=O) groups excluding carboxylic acids is 1. The zero-order valence-corrected chi connectivity index (χ0v) is 16.0. The molecule has 134 valence electrons. The molecule has 0 amide bonds. The lowest BCUT2D eigenvalue weighted by Crippen LogP contribution is -2.18. The fourth-order valence-corrected chi connectivity index (χ4v) is 5.66. The third kappa shape index (κ3) is 3.77. The molecule has 3 heterocycles. The second-order valence-corrected chi connectivity index (χ2v) is 9.11. The van der Waals surface area contributed by atoms with E-state index in [4.69, 9.17) is 4.74 Å². The van der Waals surface area contributed by atoms with E-state index in [0.717, 1.165) is 23.8 Å². The van der Waals surface area contributed by atoms with Crippen molar-refractivity contribution in [2.45, 2.75) is 74.4 Å². The van der Waals surface area contributed by atoms with Gasteiger partial charge >= 0.3 is 5.97 Å². The van der Waals surface area contributed by atoms with Crippen molar-refractivity contribution in [3.63, 3.8) is 0 Å². The first-order chi connectivity index (χ1) is 12.2. The Morgan fingerprint density at radius 3 is 2.84 bits per heavy atom. The number of esters is 1. The van der Waals surface area contributed by atoms with Crippen molar-refractivity contribution in [3.05, 3.63) is 28.2 Å². The molecule has 2 fully saturated rings. The Morgan fingerprint density at radius 1 is 1.32 bits per heavy atom. The van der Waals surface area contributed by atoms with E-state index < -0.39 is 0 Å². The van der Waals surface area contributed by atoms with Crippen LogP contribution in [0.2, 0.25) is 0 Å². The molecule has 0 spiro atoms. The number of carbonyl (C=O) groups is 1. The molecule has 2 aromatic heterocycles. The minimum absolute atomic E-state index is 0.00152. The standard InChI is InChI=1S/C18H23N3O2S2/c1-12-10-15(17(22)23-12)25-18-20-19-16(11-14-8-5-9-24-14)21(18)13-6-3-2-4-7-13/h5,8-9,12-13,15H,2-4,6-7,10-11H2,1H3/t12-,15+/m0/s1. The van der Waals surface area contributed by atoms with Crippen LogP contribution in [-0.2, 0) is 16.0 Å². The molecule has 0 aromatic carbocycles. The van der Waals surface area contributed by atoms with Gasteiger partial charge in [0, 0.05) is 23.8 Å². The molecule has 7 heteroatoms. The zero-order valence-electron chi connectivity index (χ0n) is 14.4. The number of hydrogen-bond donors (Lipinski definition) is 0. The molecule has 2 aliphatic rings. The van der Waals surface area contributed by atoms with Gasteiger partial charge in [-0.05, 0) is 31.2 Å². The summed E-state index contributed by atoms with van der Waals surface area (Å²) >= 11 is 3.29. The Kier molecular flexibility index (Phi) is 5.12. The van der Waals surface area contributed by atoms with Crippen LogP contribution < -0.4 is 0 Å². The van der Waals surface area contributed by atoms with Crippen LogP contribution in [0.1, 0.15) is 62.2 Å². The normalized spacial score (nSPS) is 24.6. The molecule has 1 aliphatic heterocycles. The third-order valence-electron chi connectivity index (χ3n) is 4.96. The quantitative estimate of drug-likeness (QED) is 0.730. The maximum atomic E-state index is 12.0. The van der Waals surface area contributed by atoms with Crippen LogP contribution in [0, 0.1) is 0 Å². The Morgan fingerprint density at radius 2 is 2.16 bits per heavy atom. The van der Waals surface area contributed by atoms with Crippen molar-refractivity contribution >= 4 is 29.1 Å². The van der Waals surface area contributed by atoms with Gasteiger partial charge in [-0.3, -0.25) is 4.79 Å². The summed E-state index contributed by atoms with van der Waals surface area (Å²) in [6.45, 7) is 1.95. The Labute approximate surface area is 156 Å². The van der Waals surface area contributed by atoms with E-state index in [9.17, 15) is 4.79 Å². The van der Waals surface area contributed by atoms with Gasteiger partial charge in [0.25, 0.3) is 0 Å². The molecule has 2 aromatic rings. The number of nitrogens with zero attached hydrogens (tertiary/aromatic N) is 3. The molecule has 25 heavy (non-hydrogen) atoms. The molecule has 2 atom stereocenters. The lowest BCUT2D eigenvalue weighted by atomic mass is 9.95. The minimum Gasteiger partial charge on any atom is -0.462 e. The van der Waals surface area contributed by atoms with Crippen molar-refractivity contribution in [1.82, 2.24) is 14.8 Å². The van der Waals surface area contributed by atoms with Crippen molar-refractivity contribution in [2.24, 2.45) is 0 Å². The van der Waals surface area contributed by atoms with Crippen LogP contribution in [0.15, 0.2) is 22.7 Å². The second-order valence-electron chi connectivity index (χ2n) is 6.91. The lowest BCUT2D eigenvalue weighted by Gasteiger charge is -2.25. The van der Waals surface area contributed by atoms with E-state index in [1.165, 1.54) is 48.7 Å². The monoisotopic (exact) mass is 377 g/mol. The van der Waals surface area contributed by atoms with Gasteiger partial charge in [0.15, 0.2) is 5.16 Å². The summed E-state index contributed by atoms with van der Waals surface area (Å²) in [4.78, 5) is 13.3. The van der Waals surface area contributed by atoms with E-state index in [-0.39, 0.29) is 17.3 Å². The number of thiophene rings is 1. The van der Waals surface area contributed by atoms with Crippen LogP contribution in [0.25, 0.3) is 0 Å². The van der Waals surface area contributed by atoms with Gasteiger partial charge in [-0.25, -0.2) is 0 Å². The van der Waals surface area contributed by atoms with Crippen LogP contribution >= 0.6 is 23.1 Å². The van der Waals surface area contributed by atoms with Crippen molar-refractivity contribution < 1.29 is 9.53 Å². The number of rotatable bonds is 5. The van der Waals surface area contributed by atoms with Gasteiger partial charge in [-0.2, -0.15) is 0 Å². The van der Waals surface area contributed by atoms with E-state index in [0.29, 0.717) is 6.04 Å². The summed E-state index contributed by atoms with van der Waals surface area (Å²) < 4.78 is 7.63. The Hall–Kier alpha value is -1.34. The summed E-state index contributed by atoms with van der Waals surface area (Å²) in [7, 11) is 0. The van der Waals surface area contributed by atoms with E-state index >= 15 is 0 Å². The van der Waals surface area contributed by atoms with Gasteiger partial charge in [0.2, 0.25) is 0 Å². The lowest BCUT2D eigenvalue weighted by molar-refractivity contribution is -0.140. The van der Waals surface area contributed by atoms with Crippen LogP contribution in [0.3, 0.4) is 0 Å². The maximum Gasteiger partial charge on any atom is 0.319 e. The van der Waals surface area contributed by atoms with Gasteiger partial charge in [-0.15, -0.1) is 21.5 Å². The molecule has 1 aliphatic carbocycles. The first-order valence-electron chi connectivity index (χ1n) is 9.04. The highest BCUT2D eigenvalue weighted by atomic mass is 32.2. The van der Waals surface area contributed by atoms with Crippen LogP contribution in [-0.4, -0.2) is 32.1 Å². The van der Waals surface area contributed by atoms with Gasteiger partial charge in [0.05, 0.1) is 0 Å². The summed E-state index contributed by atoms with van der Waals surface area (Å²) in [5, 5.41) is 11.8. The fourth-order valence-electron chi connectivity index (χ4n) is 3.73. The Bertz CT molecular complexity index is 723. The highest BCUT2D eigenvalue weighted by molar-refractivity contribution is 8.00. The SMILES string of the molecule is C[C@H]1C[C@@H](Sc2nnc(Cc3cccs3)n2C2CCCCC2)C(=O)O1. The molecule has 5 nitrogen and oxygen atoms in total. The molecule has 0 unspecified atom stereocenters. The summed E-state index contributed by atoms with van der Waals surface area (Å²) in [5.41, 5.74) is 0. The molecule has 0 radical (unpaired) electrons. The Balaban J connectivity index is 1.61. The second kappa shape index (κ2) is 7.50. The number of aromatic nitrogens is 3. The largest absolute Gasteiger partial charge is 0.462 e. The molecule has 0 N–H and O–H groups in total. The van der Waals surface area contributed by atoms with Crippen molar-refractivity contribution in [3.8, 4) is 0 Å². The molecule has 0 bridgehead atoms. The molecule has 1 saturated carbocycles.